The second kappa shape index (κ2) is 5.89. The van der Waals surface area contributed by atoms with Crippen LogP contribution in [0.3, 0.4) is 0 Å². The summed E-state index contributed by atoms with van der Waals surface area (Å²) in [6.07, 6.45) is 5.40. The lowest BCUT2D eigenvalue weighted by Crippen LogP contribution is -2.38. The fraction of sp³-hybridized carbons (Fsp3) is 0.529. The fourth-order valence-electron chi connectivity index (χ4n) is 3.12. The van der Waals surface area contributed by atoms with Crippen molar-refractivity contribution in [3.63, 3.8) is 0 Å². The van der Waals surface area contributed by atoms with Crippen molar-refractivity contribution in [1.82, 2.24) is 0 Å². The first kappa shape index (κ1) is 14.3. The van der Waals surface area contributed by atoms with Crippen LogP contribution < -0.4 is 0 Å². The molecular formula is C17H24O2. The zero-order valence-corrected chi connectivity index (χ0v) is 12.0. The van der Waals surface area contributed by atoms with Gasteiger partial charge in [0, 0.05) is 5.92 Å². The van der Waals surface area contributed by atoms with Gasteiger partial charge in [0.1, 0.15) is 0 Å². The van der Waals surface area contributed by atoms with Crippen LogP contribution in [0.4, 0.5) is 0 Å². The molecule has 1 aromatic carbocycles. The largest absolute Gasteiger partial charge is 0.393 e. The van der Waals surface area contributed by atoms with Crippen LogP contribution in [0.15, 0.2) is 36.4 Å². The number of rotatable bonds is 4. The van der Waals surface area contributed by atoms with Crippen LogP contribution in [-0.4, -0.2) is 23.4 Å². The van der Waals surface area contributed by atoms with Crippen LogP contribution in [-0.2, 0) is 4.74 Å². The van der Waals surface area contributed by atoms with Crippen molar-refractivity contribution < 1.29 is 9.84 Å². The molecule has 2 heteroatoms. The molecule has 19 heavy (non-hydrogen) atoms. The van der Waals surface area contributed by atoms with E-state index < -0.39 is 0 Å². The van der Waals surface area contributed by atoms with E-state index in [4.69, 9.17) is 4.74 Å². The van der Waals surface area contributed by atoms with Crippen LogP contribution in [0.25, 0.3) is 6.08 Å². The normalized spacial score (nSPS) is 35.1. The molecule has 1 aromatic rings. The van der Waals surface area contributed by atoms with Gasteiger partial charge in [-0.2, -0.15) is 0 Å². The number of ether oxygens (including phenoxy) is 1. The zero-order valence-electron chi connectivity index (χ0n) is 12.0. The van der Waals surface area contributed by atoms with E-state index in [0.29, 0.717) is 11.8 Å². The average Bonchev–Trinajstić information content (AvgIpc) is 2.69. The highest BCUT2D eigenvalue weighted by atomic mass is 16.5. The maximum atomic E-state index is 9.66. The third-order valence-corrected chi connectivity index (χ3v) is 4.55. The molecule has 1 N–H and O–H groups in total. The monoisotopic (exact) mass is 260 g/mol. The van der Waals surface area contributed by atoms with Crippen molar-refractivity contribution in [2.24, 2.45) is 11.8 Å². The first-order valence-corrected chi connectivity index (χ1v) is 7.15. The topological polar surface area (TPSA) is 29.5 Å². The lowest BCUT2D eigenvalue weighted by molar-refractivity contribution is -0.0854. The van der Waals surface area contributed by atoms with Crippen molar-refractivity contribution in [3.8, 4) is 0 Å². The van der Waals surface area contributed by atoms with E-state index in [1.165, 1.54) is 5.56 Å². The second-order valence-corrected chi connectivity index (χ2v) is 5.54. The van der Waals surface area contributed by atoms with Gasteiger partial charge in [0.2, 0.25) is 0 Å². The van der Waals surface area contributed by atoms with E-state index in [1.54, 1.807) is 0 Å². The van der Waals surface area contributed by atoms with Gasteiger partial charge >= 0.3 is 0 Å². The molecule has 2 rings (SSSR count). The highest BCUT2D eigenvalue weighted by Gasteiger charge is 2.48. The lowest BCUT2D eigenvalue weighted by atomic mass is 9.79. The van der Waals surface area contributed by atoms with Crippen LogP contribution in [0.1, 0.15) is 32.8 Å². The van der Waals surface area contributed by atoms with Crippen molar-refractivity contribution in [2.45, 2.75) is 38.9 Å². The van der Waals surface area contributed by atoms with Crippen LogP contribution in [0, 0.1) is 11.8 Å². The fourth-order valence-corrected chi connectivity index (χ4v) is 3.12. The smallest absolute Gasteiger partial charge is 0.0945 e. The Kier molecular flexibility index (Phi) is 4.43. The number of aliphatic hydroxyl groups excluding tert-OH is 1. The summed E-state index contributed by atoms with van der Waals surface area (Å²) in [5, 5.41) is 9.66. The minimum Gasteiger partial charge on any atom is -0.393 e. The number of benzene rings is 1. The Labute approximate surface area is 116 Å². The Morgan fingerprint density at radius 3 is 2.47 bits per heavy atom. The molecule has 1 heterocycles. The summed E-state index contributed by atoms with van der Waals surface area (Å²) in [6.45, 7) is 6.47. The van der Waals surface area contributed by atoms with E-state index in [1.807, 2.05) is 18.2 Å². The predicted molar refractivity (Wildman–Crippen MR) is 78.8 cm³/mol. The lowest BCUT2D eigenvalue weighted by Gasteiger charge is -2.30. The second-order valence-electron chi connectivity index (χ2n) is 5.54. The van der Waals surface area contributed by atoms with Gasteiger partial charge < -0.3 is 9.84 Å². The molecule has 1 aliphatic rings. The summed E-state index contributed by atoms with van der Waals surface area (Å²) in [5.74, 6) is 0.685. The number of hydrogen-bond acceptors (Lipinski definition) is 2. The summed E-state index contributed by atoms with van der Waals surface area (Å²) in [6, 6.07) is 10.3. The Morgan fingerprint density at radius 1 is 1.26 bits per heavy atom. The minimum absolute atomic E-state index is 0.102. The number of aliphatic hydroxyl groups is 1. The highest BCUT2D eigenvalue weighted by Crippen LogP contribution is 2.43. The Morgan fingerprint density at radius 2 is 1.95 bits per heavy atom. The summed E-state index contributed by atoms with van der Waals surface area (Å²) in [4.78, 5) is 0. The van der Waals surface area contributed by atoms with Crippen molar-refractivity contribution >= 4 is 6.08 Å². The summed E-state index contributed by atoms with van der Waals surface area (Å²) >= 11 is 0. The summed E-state index contributed by atoms with van der Waals surface area (Å²) in [5.41, 5.74) is 0.838. The molecule has 0 saturated carbocycles. The average molecular weight is 260 g/mol. The van der Waals surface area contributed by atoms with Gasteiger partial charge in [-0.1, -0.05) is 56.3 Å². The molecule has 0 aliphatic carbocycles. The van der Waals surface area contributed by atoms with Crippen molar-refractivity contribution in [2.75, 3.05) is 6.61 Å². The first-order valence-electron chi connectivity index (χ1n) is 7.15. The molecule has 1 saturated heterocycles. The van der Waals surface area contributed by atoms with E-state index in [9.17, 15) is 5.11 Å². The van der Waals surface area contributed by atoms with Gasteiger partial charge in [0.05, 0.1) is 18.3 Å². The molecule has 0 unspecified atom stereocenters. The highest BCUT2D eigenvalue weighted by molar-refractivity contribution is 5.49. The van der Waals surface area contributed by atoms with Gasteiger partial charge in [0.25, 0.3) is 0 Å². The third-order valence-electron chi connectivity index (χ3n) is 4.55. The summed E-state index contributed by atoms with van der Waals surface area (Å²) in [7, 11) is 0. The van der Waals surface area contributed by atoms with Gasteiger partial charge in [-0.05, 0) is 24.8 Å². The van der Waals surface area contributed by atoms with Crippen LogP contribution >= 0.6 is 0 Å². The molecule has 104 valence electrons. The van der Waals surface area contributed by atoms with Gasteiger partial charge in [-0.25, -0.2) is 0 Å². The molecule has 0 bridgehead atoms. The van der Waals surface area contributed by atoms with Crippen LogP contribution in [0.5, 0.6) is 0 Å². The van der Waals surface area contributed by atoms with E-state index in [0.717, 1.165) is 6.42 Å². The van der Waals surface area contributed by atoms with Crippen molar-refractivity contribution in [1.29, 1.82) is 0 Å². The van der Waals surface area contributed by atoms with Gasteiger partial charge in [0.15, 0.2) is 0 Å². The van der Waals surface area contributed by atoms with E-state index >= 15 is 0 Å². The minimum atomic E-state index is -0.370. The molecule has 2 nitrogen and oxygen atoms in total. The quantitative estimate of drug-likeness (QED) is 0.897. The molecule has 0 spiro atoms. The Bertz CT molecular complexity index is 420. The molecule has 0 amide bonds. The molecule has 1 aliphatic heterocycles. The Hall–Kier alpha value is -1.12. The van der Waals surface area contributed by atoms with Crippen molar-refractivity contribution in [3.05, 3.63) is 42.0 Å². The van der Waals surface area contributed by atoms with E-state index in [-0.39, 0.29) is 18.3 Å². The third kappa shape index (κ3) is 2.75. The zero-order chi connectivity index (χ0) is 13.9. The maximum Gasteiger partial charge on any atom is 0.0945 e. The summed E-state index contributed by atoms with van der Waals surface area (Å²) < 4.78 is 6.06. The molecule has 1 fully saturated rings. The van der Waals surface area contributed by atoms with Crippen LogP contribution in [0.2, 0.25) is 0 Å². The van der Waals surface area contributed by atoms with Gasteiger partial charge in [-0.3, -0.25) is 0 Å². The standard InChI is InChI=1S/C17H24O2/c1-4-17(12-18)13(2)16(14(3)19-17)11-10-15-8-6-5-7-9-15/h5-11,13-14,16,18H,4,12H2,1-3H3/b11-10+/t13-,14+,16+,17-/m1/s1. The predicted octanol–water partition coefficient (Wildman–Crippen LogP) is 3.51. The Balaban J connectivity index is 2.15. The molecule has 0 radical (unpaired) electrons. The SMILES string of the molecule is CC[C@]1(CO)O[C@@H](C)[C@@H](/C=C/c2ccccc2)[C@H]1C. The van der Waals surface area contributed by atoms with E-state index in [2.05, 4.69) is 45.1 Å². The molecule has 4 atom stereocenters. The molecule has 0 aromatic heterocycles. The maximum absolute atomic E-state index is 9.66. The number of hydrogen-bond donors (Lipinski definition) is 1. The first-order chi connectivity index (χ1) is 9.13. The van der Waals surface area contributed by atoms with Gasteiger partial charge in [-0.15, -0.1) is 0 Å². The molecular weight excluding hydrogens is 236 g/mol.